The van der Waals surface area contributed by atoms with Gasteiger partial charge in [-0.1, -0.05) is 29.8 Å². The van der Waals surface area contributed by atoms with Crippen LogP contribution in [0.4, 0.5) is 4.39 Å². The van der Waals surface area contributed by atoms with Gasteiger partial charge >= 0.3 is 0 Å². The average molecular weight is 393 g/mol. The molecular weight excluding hydrogens is 379 g/mol. The van der Waals surface area contributed by atoms with Gasteiger partial charge in [0.1, 0.15) is 12.4 Å². The molecule has 0 saturated carbocycles. The van der Waals surface area contributed by atoms with Crippen LogP contribution in [0.15, 0.2) is 41.3 Å². The first-order valence-corrected chi connectivity index (χ1v) is 8.71. The predicted molar refractivity (Wildman–Crippen MR) is 100 cm³/mol. The molecule has 1 amide bonds. The van der Waals surface area contributed by atoms with Crippen molar-refractivity contribution < 1.29 is 18.7 Å². The lowest BCUT2D eigenvalue weighted by atomic mass is 10.1. The van der Waals surface area contributed by atoms with E-state index in [1.807, 2.05) is 0 Å². The summed E-state index contributed by atoms with van der Waals surface area (Å²) < 4.78 is 25.1. The summed E-state index contributed by atoms with van der Waals surface area (Å²) >= 11 is 7.06. The van der Waals surface area contributed by atoms with Gasteiger partial charge in [-0.25, -0.2) is 4.39 Å². The third-order valence-corrected chi connectivity index (χ3v) is 4.78. The molecule has 8 heteroatoms. The predicted octanol–water partition coefficient (Wildman–Crippen LogP) is 4.21. The summed E-state index contributed by atoms with van der Waals surface area (Å²) in [5, 5.41) is 10.3. The second-order valence-electron chi connectivity index (χ2n) is 5.26. The summed E-state index contributed by atoms with van der Waals surface area (Å²) in [5.74, 6) is -0.0312. The van der Waals surface area contributed by atoms with Gasteiger partial charge in [0.05, 0.1) is 17.0 Å². The van der Waals surface area contributed by atoms with E-state index in [1.165, 1.54) is 19.2 Å². The maximum Gasteiger partial charge on any atom is 0.264 e. The van der Waals surface area contributed by atoms with Crippen LogP contribution in [0.5, 0.6) is 11.5 Å². The van der Waals surface area contributed by atoms with Crippen LogP contribution in [-0.2, 0) is 11.4 Å². The van der Waals surface area contributed by atoms with Crippen molar-refractivity contribution in [3.8, 4) is 11.5 Å². The number of amidine groups is 1. The summed E-state index contributed by atoms with van der Waals surface area (Å²) in [7, 11) is 1.49. The van der Waals surface area contributed by atoms with Gasteiger partial charge in [0, 0.05) is 11.1 Å². The molecule has 1 aliphatic heterocycles. The van der Waals surface area contributed by atoms with Gasteiger partial charge in [0.25, 0.3) is 5.91 Å². The zero-order valence-corrected chi connectivity index (χ0v) is 15.2. The summed E-state index contributed by atoms with van der Waals surface area (Å²) in [6.45, 7) is -0.1000. The van der Waals surface area contributed by atoms with Crippen LogP contribution in [0.25, 0.3) is 6.08 Å². The number of hydrogen-bond donors (Lipinski definition) is 2. The first-order chi connectivity index (χ1) is 12.5. The SMILES string of the molecule is COc1cccc(C=C2SC(=N)NC2=O)c1OCc1c(F)cccc1Cl. The van der Waals surface area contributed by atoms with Crippen LogP contribution in [0.3, 0.4) is 0 Å². The van der Waals surface area contributed by atoms with Crippen molar-refractivity contribution in [2.45, 2.75) is 6.61 Å². The van der Waals surface area contributed by atoms with E-state index in [2.05, 4.69) is 5.32 Å². The fraction of sp³-hybridized carbons (Fsp3) is 0.111. The molecule has 5 nitrogen and oxygen atoms in total. The van der Waals surface area contributed by atoms with Gasteiger partial charge in [-0.05, 0) is 36.0 Å². The highest BCUT2D eigenvalue weighted by Gasteiger charge is 2.23. The number of carbonyl (C=O) groups is 1. The molecule has 2 aromatic rings. The van der Waals surface area contributed by atoms with Crippen LogP contribution in [-0.4, -0.2) is 18.2 Å². The fourth-order valence-corrected chi connectivity index (χ4v) is 3.27. The lowest BCUT2D eigenvalue weighted by Gasteiger charge is -2.14. The highest BCUT2D eigenvalue weighted by Crippen LogP contribution is 2.36. The van der Waals surface area contributed by atoms with Crippen molar-refractivity contribution in [1.29, 1.82) is 5.41 Å². The van der Waals surface area contributed by atoms with Gasteiger partial charge < -0.3 is 14.8 Å². The average Bonchev–Trinajstić information content (AvgIpc) is 2.92. The van der Waals surface area contributed by atoms with Crippen molar-refractivity contribution in [2.24, 2.45) is 0 Å². The van der Waals surface area contributed by atoms with Crippen molar-refractivity contribution >= 4 is 40.5 Å². The van der Waals surface area contributed by atoms with Crippen LogP contribution >= 0.6 is 23.4 Å². The molecule has 1 saturated heterocycles. The van der Waals surface area contributed by atoms with Crippen LogP contribution in [0.2, 0.25) is 5.02 Å². The van der Waals surface area contributed by atoms with Crippen molar-refractivity contribution in [1.82, 2.24) is 5.32 Å². The number of hydrogen-bond acceptors (Lipinski definition) is 5. The normalized spacial score (nSPS) is 15.3. The number of methoxy groups -OCH3 is 1. The Kier molecular flexibility index (Phi) is 5.49. The standard InChI is InChI=1S/C18H14ClFN2O3S/c1-24-14-7-2-4-10(8-15-17(23)22-18(21)26-15)16(14)25-9-11-12(19)5-3-6-13(11)20/h2-8H,9H2,1H3,(H2,21,22,23). The third-order valence-electron chi connectivity index (χ3n) is 3.60. The van der Waals surface area contributed by atoms with E-state index in [9.17, 15) is 9.18 Å². The second kappa shape index (κ2) is 7.80. The Labute approximate surface area is 158 Å². The number of thioether (sulfide) groups is 1. The number of benzene rings is 2. The minimum absolute atomic E-state index is 0.0600. The minimum atomic E-state index is -0.466. The maximum atomic E-state index is 14.0. The highest BCUT2D eigenvalue weighted by atomic mass is 35.5. The molecule has 1 fully saturated rings. The number of nitrogens with one attached hydrogen (secondary N) is 2. The van der Waals surface area contributed by atoms with Crippen LogP contribution in [0.1, 0.15) is 11.1 Å². The lowest BCUT2D eigenvalue weighted by molar-refractivity contribution is -0.115. The van der Waals surface area contributed by atoms with E-state index in [1.54, 1.807) is 30.3 Å². The first-order valence-electron chi connectivity index (χ1n) is 7.51. The quantitative estimate of drug-likeness (QED) is 0.748. The Balaban J connectivity index is 1.94. The van der Waals surface area contributed by atoms with Crippen LogP contribution < -0.4 is 14.8 Å². The van der Waals surface area contributed by atoms with E-state index in [4.69, 9.17) is 26.5 Å². The Hall–Kier alpha value is -2.51. The zero-order chi connectivity index (χ0) is 18.7. The Bertz CT molecular complexity index is 897. The Morgan fingerprint density at radius 3 is 2.73 bits per heavy atom. The third kappa shape index (κ3) is 3.84. The summed E-state index contributed by atoms with van der Waals surface area (Å²) in [4.78, 5) is 12.2. The van der Waals surface area contributed by atoms with E-state index in [0.717, 1.165) is 11.8 Å². The summed E-state index contributed by atoms with van der Waals surface area (Å²) in [6, 6.07) is 9.59. The van der Waals surface area contributed by atoms with Crippen molar-refractivity contribution in [3.05, 3.63) is 63.3 Å². The smallest absolute Gasteiger partial charge is 0.264 e. The van der Waals surface area contributed by atoms with Gasteiger partial charge in [0.2, 0.25) is 0 Å². The Morgan fingerprint density at radius 1 is 1.31 bits per heavy atom. The van der Waals surface area contributed by atoms with E-state index >= 15 is 0 Å². The highest BCUT2D eigenvalue weighted by molar-refractivity contribution is 8.18. The molecule has 0 aromatic heterocycles. The van der Waals surface area contributed by atoms with Gasteiger partial charge in [-0.15, -0.1) is 0 Å². The van der Waals surface area contributed by atoms with E-state index in [0.29, 0.717) is 22.0 Å². The molecular formula is C18H14ClFN2O3S. The molecule has 2 aromatic carbocycles. The number of carbonyl (C=O) groups excluding carboxylic acids is 1. The number of amides is 1. The molecule has 1 heterocycles. The van der Waals surface area contributed by atoms with Gasteiger partial charge in [-0.2, -0.15) is 0 Å². The monoisotopic (exact) mass is 392 g/mol. The van der Waals surface area contributed by atoms with Gasteiger partial charge in [-0.3, -0.25) is 10.2 Å². The zero-order valence-electron chi connectivity index (χ0n) is 13.6. The fourth-order valence-electron chi connectivity index (χ4n) is 2.36. The Morgan fingerprint density at radius 2 is 2.08 bits per heavy atom. The number of halogens is 2. The van der Waals surface area contributed by atoms with Gasteiger partial charge in [0.15, 0.2) is 16.7 Å². The van der Waals surface area contributed by atoms with E-state index in [-0.39, 0.29) is 28.3 Å². The van der Waals surface area contributed by atoms with Crippen molar-refractivity contribution in [3.63, 3.8) is 0 Å². The summed E-state index contributed by atoms with van der Waals surface area (Å²) in [5.41, 5.74) is 0.803. The first kappa shape index (κ1) is 18.3. The molecule has 26 heavy (non-hydrogen) atoms. The largest absolute Gasteiger partial charge is 0.493 e. The van der Waals surface area contributed by atoms with Crippen molar-refractivity contribution in [2.75, 3.05) is 7.11 Å². The second-order valence-corrected chi connectivity index (χ2v) is 6.72. The molecule has 0 radical (unpaired) electrons. The van der Waals surface area contributed by atoms with Crippen LogP contribution in [0, 0.1) is 11.2 Å². The molecule has 134 valence electrons. The molecule has 2 N–H and O–H groups in total. The number of para-hydroxylation sites is 1. The topological polar surface area (TPSA) is 71.4 Å². The molecule has 0 bridgehead atoms. The number of ether oxygens (including phenoxy) is 2. The van der Waals surface area contributed by atoms with E-state index < -0.39 is 5.82 Å². The molecule has 3 rings (SSSR count). The number of rotatable bonds is 5. The molecule has 0 spiro atoms. The molecule has 0 atom stereocenters. The lowest BCUT2D eigenvalue weighted by Crippen LogP contribution is -2.18. The molecule has 1 aliphatic rings. The summed E-state index contributed by atoms with van der Waals surface area (Å²) in [6.07, 6.45) is 1.60. The maximum absolute atomic E-state index is 14.0. The minimum Gasteiger partial charge on any atom is -0.493 e. The molecule has 0 aliphatic carbocycles. The molecule has 0 unspecified atom stereocenters.